The summed E-state index contributed by atoms with van der Waals surface area (Å²) in [5, 5.41) is 7.78. The molecule has 0 spiro atoms. The van der Waals surface area contributed by atoms with Crippen LogP contribution in [-0.2, 0) is 11.8 Å². The van der Waals surface area contributed by atoms with Crippen molar-refractivity contribution in [2.75, 3.05) is 5.32 Å². The molecule has 0 radical (unpaired) electrons. The smallest absolute Gasteiger partial charge is 0.410 e. The van der Waals surface area contributed by atoms with E-state index in [4.69, 9.17) is 9.84 Å². The highest BCUT2D eigenvalue weighted by atomic mass is 16.6. The van der Waals surface area contributed by atoms with Crippen LogP contribution in [0.5, 0.6) is 5.75 Å². The zero-order valence-electron chi connectivity index (χ0n) is 17.1. The molecule has 3 rings (SSSR count). The fraction of sp³-hybridized carbons (Fsp3) is 0.304. The largest absolute Gasteiger partial charge is 0.418 e. The Bertz CT molecular complexity index is 952. The van der Waals surface area contributed by atoms with E-state index in [0.29, 0.717) is 11.6 Å². The normalized spacial score (nSPS) is 11.3. The second-order valence-electron chi connectivity index (χ2n) is 7.85. The average Bonchev–Trinajstić information content (AvgIpc) is 3.01. The number of para-hydroxylation sites is 1. The van der Waals surface area contributed by atoms with Crippen LogP contribution < -0.4 is 10.1 Å². The van der Waals surface area contributed by atoms with Crippen LogP contribution in [0.4, 0.5) is 10.6 Å². The molecule has 5 heteroatoms. The fourth-order valence-corrected chi connectivity index (χ4v) is 3.11. The summed E-state index contributed by atoms with van der Waals surface area (Å²) in [6, 6.07) is 17.1. The van der Waals surface area contributed by atoms with E-state index < -0.39 is 6.09 Å². The van der Waals surface area contributed by atoms with Crippen molar-refractivity contribution in [3.63, 3.8) is 0 Å². The summed E-state index contributed by atoms with van der Waals surface area (Å²) in [7, 11) is 0. The average molecular weight is 377 g/mol. The number of ether oxygens (including phenoxy) is 1. The first-order valence-electron chi connectivity index (χ1n) is 9.53. The highest BCUT2D eigenvalue weighted by Gasteiger charge is 2.27. The molecule has 28 heavy (non-hydrogen) atoms. The van der Waals surface area contributed by atoms with Gasteiger partial charge in [0.05, 0.1) is 11.4 Å². The first-order chi connectivity index (χ1) is 13.3. The molecule has 5 nitrogen and oxygen atoms in total. The van der Waals surface area contributed by atoms with E-state index in [-0.39, 0.29) is 5.41 Å². The predicted octanol–water partition coefficient (Wildman–Crippen LogP) is 5.65. The molecule has 0 aliphatic heterocycles. The summed E-state index contributed by atoms with van der Waals surface area (Å²) >= 11 is 0. The summed E-state index contributed by atoms with van der Waals surface area (Å²) in [5.41, 5.74) is 3.89. The van der Waals surface area contributed by atoms with Gasteiger partial charge < -0.3 is 4.74 Å². The van der Waals surface area contributed by atoms with Gasteiger partial charge in [0.2, 0.25) is 0 Å². The van der Waals surface area contributed by atoms with Gasteiger partial charge in [0.25, 0.3) is 0 Å². The summed E-state index contributed by atoms with van der Waals surface area (Å²) < 4.78 is 7.23. The lowest BCUT2D eigenvalue weighted by molar-refractivity contribution is 0.215. The van der Waals surface area contributed by atoms with E-state index in [1.807, 2.05) is 49.4 Å². The van der Waals surface area contributed by atoms with E-state index >= 15 is 0 Å². The monoisotopic (exact) mass is 377 g/mol. The number of hydrogen-bond acceptors (Lipinski definition) is 3. The maximum Gasteiger partial charge on any atom is 0.418 e. The molecule has 0 atom stereocenters. The zero-order valence-corrected chi connectivity index (χ0v) is 17.1. The highest BCUT2D eigenvalue weighted by Crippen LogP contribution is 2.32. The number of benzene rings is 2. The van der Waals surface area contributed by atoms with Gasteiger partial charge in [-0.1, -0.05) is 63.6 Å². The van der Waals surface area contributed by atoms with Gasteiger partial charge in [0, 0.05) is 11.0 Å². The van der Waals surface area contributed by atoms with Crippen molar-refractivity contribution in [1.82, 2.24) is 9.78 Å². The van der Waals surface area contributed by atoms with Crippen LogP contribution in [0.1, 0.15) is 44.5 Å². The summed E-state index contributed by atoms with van der Waals surface area (Å²) in [5.74, 6) is 1.15. The molecule has 0 fully saturated rings. The number of nitrogens with zero attached hydrogens (tertiary/aromatic N) is 2. The number of carbonyl (C=O) groups is 1. The Hall–Kier alpha value is -3.08. The number of carbonyl (C=O) groups excluding carboxylic acids is 1. The van der Waals surface area contributed by atoms with Gasteiger partial charge in [-0.15, -0.1) is 0 Å². The Morgan fingerprint density at radius 3 is 2.29 bits per heavy atom. The second kappa shape index (κ2) is 7.89. The van der Waals surface area contributed by atoms with Crippen molar-refractivity contribution in [3.05, 3.63) is 71.4 Å². The Morgan fingerprint density at radius 1 is 1.07 bits per heavy atom. The lowest BCUT2D eigenvalue weighted by Crippen LogP contribution is -2.20. The van der Waals surface area contributed by atoms with Crippen LogP contribution in [0.2, 0.25) is 0 Å². The number of hydrogen-bond donors (Lipinski definition) is 1. The molecule has 146 valence electrons. The number of aryl methyl sites for hydroxylation is 1. The topological polar surface area (TPSA) is 56.2 Å². The van der Waals surface area contributed by atoms with Crippen LogP contribution in [-0.4, -0.2) is 15.9 Å². The van der Waals surface area contributed by atoms with E-state index in [0.717, 1.165) is 23.4 Å². The number of aromatic nitrogens is 2. The second-order valence-corrected chi connectivity index (χ2v) is 7.85. The Labute approximate surface area is 166 Å². The van der Waals surface area contributed by atoms with Crippen LogP contribution in [0.25, 0.3) is 5.69 Å². The van der Waals surface area contributed by atoms with Gasteiger partial charge in [-0.2, -0.15) is 5.10 Å². The highest BCUT2D eigenvalue weighted by molar-refractivity contribution is 5.87. The molecule has 2 aromatic carbocycles. The Balaban J connectivity index is 2.02. The number of amides is 1. The molecule has 1 aromatic heterocycles. The molecule has 0 saturated carbocycles. The summed E-state index contributed by atoms with van der Waals surface area (Å²) in [6.07, 6.45) is 0.217. The van der Waals surface area contributed by atoms with Crippen molar-refractivity contribution in [1.29, 1.82) is 0 Å². The molecule has 1 N–H and O–H groups in total. The lowest BCUT2D eigenvalue weighted by Gasteiger charge is -2.17. The predicted molar refractivity (Wildman–Crippen MR) is 112 cm³/mol. The van der Waals surface area contributed by atoms with Crippen molar-refractivity contribution in [2.24, 2.45) is 0 Å². The maximum absolute atomic E-state index is 12.6. The molecule has 1 amide bonds. The quantitative estimate of drug-likeness (QED) is 0.639. The maximum atomic E-state index is 12.6. The SMILES string of the molecule is CCc1c(C(C)(C)C)nn(-c2ccc(C)cc2)c1NC(=O)Oc1ccccc1. The molecule has 3 aromatic rings. The van der Waals surface area contributed by atoms with E-state index in [9.17, 15) is 4.79 Å². The van der Waals surface area contributed by atoms with Crippen molar-refractivity contribution in [2.45, 2.75) is 46.5 Å². The molecule has 0 saturated heterocycles. The minimum Gasteiger partial charge on any atom is -0.410 e. The third-order valence-electron chi connectivity index (χ3n) is 4.50. The van der Waals surface area contributed by atoms with Gasteiger partial charge in [-0.25, -0.2) is 9.48 Å². The third-order valence-corrected chi connectivity index (χ3v) is 4.50. The molecule has 1 heterocycles. The van der Waals surface area contributed by atoms with Crippen molar-refractivity contribution >= 4 is 11.9 Å². The molecular weight excluding hydrogens is 350 g/mol. The Morgan fingerprint density at radius 2 is 1.71 bits per heavy atom. The molecule has 0 bridgehead atoms. The zero-order chi connectivity index (χ0) is 20.3. The van der Waals surface area contributed by atoms with Gasteiger partial charge >= 0.3 is 6.09 Å². The Kier molecular flexibility index (Phi) is 5.54. The van der Waals surface area contributed by atoms with E-state index in [2.05, 4.69) is 33.0 Å². The molecular formula is C23H27N3O2. The van der Waals surface area contributed by atoms with Crippen molar-refractivity contribution in [3.8, 4) is 11.4 Å². The van der Waals surface area contributed by atoms with Gasteiger partial charge in [0.1, 0.15) is 11.6 Å². The van der Waals surface area contributed by atoms with Crippen LogP contribution >= 0.6 is 0 Å². The van der Waals surface area contributed by atoms with Crippen molar-refractivity contribution < 1.29 is 9.53 Å². The van der Waals surface area contributed by atoms with E-state index in [1.165, 1.54) is 5.56 Å². The number of nitrogens with one attached hydrogen (secondary N) is 1. The van der Waals surface area contributed by atoms with Gasteiger partial charge in [-0.05, 0) is 37.6 Å². The van der Waals surface area contributed by atoms with Crippen LogP contribution in [0, 0.1) is 6.92 Å². The van der Waals surface area contributed by atoms with Crippen LogP contribution in [0.15, 0.2) is 54.6 Å². The summed E-state index contributed by atoms with van der Waals surface area (Å²) in [4.78, 5) is 12.6. The number of rotatable bonds is 4. The minimum absolute atomic E-state index is 0.152. The standard InChI is InChI=1S/C23H27N3O2/c1-6-19-20(23(3,4)5)25-26(17-14-12-16(2)13-15-17)21(19)24-22(27)28-18-10-8-7-9-11-18/h7-15H,6H2,1-5H3,(H,24,27). The minimum atomic E-state index is -0.533. The number of anilines is 1. The molecule has 0 aliphatic rings. The molecule has 0 aliphatic carbocycles. The fourth-order valence-electron chi connectivity index (χ4n) is 3.11. The van der Waals surface area contributed by atoms with Gasteiger partial charge in [-0.3, -0.25) is 5.32 Å². The third kappa shape index (κ3) is 4.25. The molecule has 0 unspecified atom stereocenters. The first-order valence-corrected chi connectivity index (χ1v) is 9.53. The van der Waals surface area contributed by atoms with Crippen LogP contribution in [0.3, 0.4) is 0 Å². The first kappa shape index (κ1) is 19.7. The van der Waals surface area contributed by atoms with Gasteiger partial charge in [0.15, 0.2) is 0 Å². The summed E-state index contributed by atoms with van der Waals surface area (Å²) in [6.45, 7) is 10.5. The lowest BCUT2D eigenvalue weighted by atomic mass is 9.88. The van der Waals surface area contributed by atoms with E-state index in [1.54, 1.807) is 16.8 Å².